The number of piperazine rings is 1. The van der Waals surface area contributed by atoms with Gasteiger partial charge >= 0.3 is 0 Å². The molecule has 0 bridgehead atoms. The average molecular weight is 308 g/mol. The maximum atomic E-state index is 4.86. The third kappa shape index (κ3) is 2.55. The van der Waals surface area contributed by atoms with Crippen LogP contribution >= 0.6 is 0 Å². The van der Waals surface area contributed by atoms with Gasteiger partial charge in [-0.15, -0.1) is 5.10 Å². The first-order valence-corrected chi connectivity index (χ1v) is 7.92. The highest BCUT2D eigenvalue weighted by molar-refractivity contribution is 5.66. The largest absolute Gasteiger partial charge is 0.353 e. The number of anilines is 1. The highest BCUT2D eigenvalue weighted by Crippen LogP contribution is 2.25. The van der Waals surface area contributed by atoms with Crippen molar-refractivity contribution in [3.8, 4) is 11.3 Å². The van der Waals surface area contributed by atoms with E-state index in [1.54, 1.807) is 12.4 Å². The molecule has 118 valence electrons. The van der Waals surface area contributed by atoms with Crippen LogP contribution in [0.25, 0.3) is 16.9 Å². The molecule has 0 spiro atoms. The molecular weight excluding hydrogens is 288 g/mol. The molecule has 1 aliphatic rings. The summed E-state index contributed by atoms with van der Waals surface area (Å²) in [6.45, 7) is 6.18. The fourth-order valence-corrected chi connectivity index (χ4v) is 3.08. The first-order valence-electron chi connectivity index (χ1n) is 7.92. The Morgan fingerprint density at radius 1 is 0.957 bits per heavy atom. The number of nitrogens with zero attached hydrogens (tertiary/aromatic N) is 6. The highest BCUT2D eigenvalue weighted by atomic mass is 15.4. The van der Waals surface area contributed by atoms with E-state index in [0.29, 0.717) is 0 Å². The van der Waals surface area contributed by atoms with Gasteiger partial charge in [-0.3, -0.25) is 4.98 Å². The second-order valence-corrected chi connectivity index (χ2v) is 6.03. The van der Waals surface area contributed by atoms with Crippen molar-refractivity contribution in [2.24, 2.45) is 0 Å². The molecule has 1 saturated heterocycles. The molecule has 3 aromatic heterocycles. The van der Waals surface area contributed by atoms with Crippen LogP contribution in [0.2, 0.25) is 0 Å². The summed E-state index contributed by atoms with van der Waals surface area (Å²) in [7, 11) is 2.16. The minimum atomic E-state index is 0.882. The molecule has 6 nitrogen and oxygen atoms in total. The van der Waals surface area contributed by atoms with E-state index in [-0.39, 0.29) is 0 Å². The first-order chi connectivity index (χ1) is 11.2. The summed E-state index contributed by atoms with van der Waals surface area (Å²) in [5.41, 5.74) is 4.00. The van der Waals surface area contributed by atoms with Crippen LogP contribution in [0.3, 0.4) is 0 Å². The molecule has 1 aliphatic heterocycles. The molecule has 1 fully saturated rings. The van der Waals surface area contributed by atoms with Crippen LogP contribution in [-0.2, 0) is 0 Å². The molecule has 6 heteroatoms. The quantitative estimate of drug-likeness (QED) is 0.723. The van der Waals surface area contributed by atoms with Gasteiger partial charge < -0.3 is 9.80 Å². The van der Waals surface area contributed by atoms with Gasteiger partial charge in [0.2, 0.25) is 0 Å². The minimum absolute atomic E-state index is 0.882. The van der Waals surface area contributed by atoms with Crippen molar-refractivity contribution in [1.82, 2.24) is 24.5 Å². The molecule has 23 heavy (non-hydrogen) atoms. The monoisotopic (exact) mass is 308 g/mol. The highest BCUT2D eigenvalue weighted by Gasteiger charge is 2.18. The van der Waals surface area contributed by atoms with Crippen LogP contribution < -0.4 is 4.90 Å². The molecule has 4 heterocycles. The Morgan fingerprint density at radius 2 is 1.70 bits per heavy atom. The molecule has 3 aromatic rings. The van der Waals surface area contributed by atoms with Crippen LogP contribution in [0.1, 0.15) is 5.69 Å². The van der Waals surface area contributed by atoms with Crippen molar-refractivity contribution in [1.29, 1.82) is 0 Å². The SMILES string of the molecule is Cc1nc2ccc(N3CCN(C)CC3)nn2c1-c1ccncc1. The first kappa shape index (κ1) is 14.1. The van der Waals surface area contributed by atoms with Gasteiger partial charge in [0.15, 0.2) is 5.65 Å². The normalized spacial score (nSPS) is 16.2. The topological polar surface area (TPSA) is 49.6 Å². The Labute approximate surface area is 135 Å². The molecule has 0 N–H and O–H groups in total. The van der Waals surface area contributed by atoms with Gasteiger partial charge in [-0.25, -0.2) is 9.50 Å². The summed E-state index contributed by atoms with van der Waals surface area (Å²) in [5.74, 6) is 1.01. The number of hydrogen-bond acceptors (Lipinski definition) is 5. The van der Waals surface area contributed by atoms with Crippen LogP contribution in [0.4, 0.5) is 5.82 Å². The lowest BCUT2D eigenvalue weighted by Crippen LogP contribution is -2.44. The molecule has 0 atom stereocenters. The number of fused-ring (bicyclic) bond motifs is 1. The molecule has 0 aromatic carbocycles. The molecule has 0 aliphatic carbocycles. The Kier molecular flexibility index (Phi) is 3.46. The molecular formula is C17H20N6. The number of aromatic nitrogens is 4. The smallest absolute Gasteiger partial charge is 0.154 e. The molecule has 4 rings (SSSR count). The van der Waals surface area contributed by atoms with Crippen LogP contribution in [0.5, 0.6) is 0 Å². The Balaban J connectivity index is 1.79. The fourth-order valence-electron chi connectivity index (χ4n) is 3.08. The standard InChI is InChI=1S/C17H20N6/c1-13-17(14-5-7-18-8-6-14)23-15(19-13)3-4-16(20-23)22-11-9-21(2)10-12-22/h3-8H,9-12H2,1-2H3. The molecule has 0 amide bonds. The zero-order chi connectivity index (χ0) is 15.8. The second-order valence-electron chi connectivity index (χ2n) is 6.03. The van der Waals surface area contributed by atoms with E-state index in [9.17, 15) is 0 Å². The van der Waals surface area contributed by atoms with E-state index in [0.717, 1.165) is 54.6 Å². The van der Waals surface area contributed by atoms with Gasteiger partial charge in [-0.2, -0.15) is 0 Å². The van der Waals surface area contributed by atoms with Gasteiger partial charge in [0.1, 0.15) is 5.82 Å². The number of likely N-dealkylation sites (N-methyl/N-ethyl adjacent to an activating group) is 1. The summed E-state index contributed by atoms with van der Waals surface area (Å²) >= 11 is 0. The summed E-state index contributed by atoms with van der Waals surface area (Å²) in [6.07, 6.45) is 3.61. The minimum Gasteiger partial charge on any atom is -0.353 e. The fraction of sp³-hybridized carbons (Fsp3) is 0.353. The van der Waals surface area contributed by atoms with Crippen molar-refractivity contribution in [2.75, 3.05) is 38.1 Å². The van der Waals surface area contributed by atoms with E-state index in [1.807, 2.05) is 23.6 Å². The van der Waals surface area contributed by atoms with E-state index in [1.165, 1.54) is 0 Å². The van der Waals surface area contributed by atoms with Gasteiger partial charge in [-0.05, 0) is 38.2 Å². The number of imidazole rings is 1. The number of rotatable bonds is 2. The maximum absolute atomic E-state index is 4.86. The van der Waals surface area contributed by atoms with Crippen LogP contribution in [0, 0.1) is 6.92 Å². The van der Waals surface area contributed by atoms with Gasteiger partial charge in [0.05, 0.1) is 11.4 Å². The van der Waals surface area contributed by atoms with E-state index < -0.39 is 0 Å². The van der Waals surface area contributed by atoms with Gasteiger partial charge in [0.25, 0.3) is 0 Å². The summed E-state index contributed by atoms with van der Waals surface area (Å²) < 4.78 is 1.96. The predicted molar refractivity (Wildman–Crippen MR) is 90.7 cm³/mol. The van der Waals surface area contributed by atoms with Gasteiger partial charge in [-0.1, -0.05) is 0 Å². The van der Waals surface area contributed by atoms with E-state index in [4.69, 9.17) is 5.10 Å². The maximum Gasteiger partial charge on any atom is 0.154 e. The van der Waals surface area contributed by atoms with E-state index in [2.05, 4.69) is 38.9 Å². The third-order valence-corrected chi connectivity index (χ3v) is 4.42. The molecule has 0 unspecified atom stereocenters. The zero-order valence-electron chi connectivity index (χ0n) is 13.5. The summed E-state index contributed by atoms with van der Waals surface area (Å²) in [4.78, 5) is 13.4. The lowest BCUT2D eigenvalue weighted by atomic mass is 10.2. The van der Waals surface area contributed by atoms with Crippen LogP contribution in [-0.4, -0.2) is 57.7 Å². The Hall–Kier alpha value is -2.47. The van der Waals surface area contributed by atoms with Crippen molar-refractivity contribution < 1.29 is 0 Å². The molecule has 0 radical (unpaired) electrons. The number of hydrogen-bond donors (Lipinski definition) is 0. The molecule has 0 saturated carbocycles. The number of aryl methyl sites for hydroxylation is 1. The van der Waals surface area contributed by atoms with Gasteiger partial charge in [0, 0.05) is 44.1 Å². The van der Waals surface area contributed by atoms with Crippen molar-refractivity contribution in [2.45, 2.75) is 6.92 Å². The zero-order valence-corrected chi connectivity index (χ0v) is 13.5. The van der Waals surface area contributed by atoms with Crippen molar-refractivity contribution in [3.63, 3.8) is 0 Å². The third-order valence-electron chi connectivity index (χ3n) is 4.42. The Bertz CT molecular complexity index is 818. The predicted octanol–water partition coefficient (Wildman–Crippen LogP) is 1.85. The second kappa shape index (κ2) is 5.62. The van der Waals surface area contributed by atoms with Crippen LogP contribution in [0.15, 0.2) is 36.7 Å². The lowest BCUT2D eigenvalue weighted by molar-refractivity contribution is 0.311. The lowest BCUT2D eigenvalue weighted by Gasteiger charge is -2.33. The average Bonchev–Trinajstić information content (AvgIpc) is 2.91. The van der Waals surface area contributed by atoms with E-state index >= 15 is 0 Å². The van der Waals surface area contributed by atoms with Crippen molar-refractivity contribution >= 4 is 11.5 Å². The number of pyridine rings is 1. The summed E-state index contributed by atoms with van der Waals surface area (Å²) in [5, 5.41) is 4.86. The Morgan fingerprint density at radius 3 is 2.43 bits per heavy atom. The van der Waals surface area contributed by atoms with Crippen molar-refractivity contribution in [3.05, 3.63) is 42.4 Å². The summed E-state index contributed by atoms with van der Waals surface area (Å²) in [6, 6.07) is 8.13.